The number of nitrogen functional groups attached to an aromatic ring is 1. The number of likely N-dealkylation sites (tertiary alicyclic amines) is 1. The predicted octanol–water partition coefficient (Wildman–Crippen LogP) is 1.30. The number of carboxylic acid groups (broad SMARTS) is 1. The molecule has 1 aliphatic rings. The quantitative estimate of drug-likeness (QED) is 0.623. The van der Waals surface area contributed by atoms with Crippen molar-refractivity contribution >= 4 is 29.5 Å². The van der Waals surface area contributed by atoms with Gasteiger partial charge in [-0.25, -0.2) is 4.98 Å². The Labute approximate surface area is 141 Å². The van der Waals surface area contributed by atoms with E-state index >= 15 is 0 Å². The summed E-state index contributed by atoms with van der Waals surface area (Å²) < 4.78 is 0.477. The second kappa shape index (κ2) is 6.13. The van der Waals surface area contributed by atoms with Crippen molar-refractivity contribution < 1.29 is 9.90 Å². The average molecular weight is 342 g/mol. The first-order valence-corrected chi connectivity index (χ1v) is 8.10. The number of nitrogens with zero attached hydrogens (tertiary/aromatic N) is 3. The van der Waals surface area contributed by atoms with Gasteiger partial charge in [-0.2, -0.15) is 4.98 Å². The highest BCUT2D eigenvalue weighted by Crippen LogP contribution is 2.40. The molecule has 1 amide bonds. The summed E-state index contributed by atoms with van der Waals surface area (Å²) in [5.74, 6) is 0.837. The van der Waals surface area contributed by atoms with E-state index in [0.717, 1.165) is 12.8 Å². The van der Waals surface area contributed by atoms with Crippen molar-refractivity contribution in [2.24, 2.45) is 0 Å². The van der Waals surface area contributed by atoms with Gasteiger partial charge in [-0.1, -0.05) is 11.6 Å². The summed E-state index contributed by atoms with van der Waals surface area (Å²) in [6.07, 6.45) is 0.361. The van der Waals surface area contributed by atoms with E-state index in [1.807, 2.05) is 0 Å². The Kier molecular flexibility index (Phi) is 4.73. The number of piperidine rings is 1. The molecule has 0 radical (unpaired) electrons. The van der Waals surface area contributed by atoms with Crippen molar-refractivity contribution in [2.75, 3.05) is 12.3 Å². The van der Waals surface area contributed by atoms with Crippen LogP contribution >= 0.6 is 11.6 Å². The first-order valence-electron chi connectivity index (χ1n) is 7.72. The number of quaternary nitrogens is 1. The topological polar surface area (TPSA) is 104 Å². The minimum atomic E-state index is -1.25. The van der Waals surface area contributed by atoms with Crippen molar-refractivity contribution in [1.82, 2.24) is 19.8 Å². The maximum absolute atomic E-state index is 11.0. The zero-order valence-electron chi connectivity index (χ0n) is 14.0. The Balaban J connectivity index is 2.55. The van der Waals surface area contributed by atoms with Gasteiger partial charge >= 0.3 is 0 Å². The number of anilines is 1. The molecule has 0 saturated carbocycles. The van der Waals surface area contributed by atoms with E-state index in [4.69, 9.17) is 17.3 Å². The number of aromatic nitrogens is 2. The molecule has 2 rings (SSSR count). The van der Waals surface area contributed by atoms with E-state index in [1.54, 1.807) is 6.07 Å². The average Bonchev–Trinajstić information content (AvgIpc) is 2.37. The maximum Gasteiger partial charge on any atom is 0.234 e. The molecule has 1 aromatic heterocycles. The van der Waals surface area contributed by atoms with E-state index in [2.05, 4.69) is 43.0 Å². The van der Waals surface area contributed by atoms with Gasteiger partial charge in [0, 0.05) is 6.42 Å². The summed E-state index contributed by atoms with van der Waals surface area (Å²) in [6, 6.07) is 1.76. The number of amides is 1. The molecule has 8 heteroatoms. The Bertz CT molecular complexity index is 584. The molecule has 1 aliphatic heterocycles. The van der Waals surface area contributed by atoms with E-state index in [9.17, 15) is 9.90 Å². The van der Waals surface area contributed by atoms with Crippen LogP contribution in [0.5, 0.6) is 0 Å². The number of nitrogens with one attached hydrogen (secondary N) is 1. The fourth-order valence-electron chi connectivity index (χ4n) is 3.79. The van der Waals surface area contributed by atoms with Gasteiger partial charge in [-0.15, -0.1) is 0 Å². The van der Waals surface area contributed by atoms with Crippen LogP contribution in [0.2, 0.25) is 5.15 Å². The van der Waals surface area contributed by atoms with Gasteiger partial charge in [0.1, 0.15) is 17.8 Å². The smallest absolute Gasteiger partial charge is 0.234 e. The highest BCUT2D eigenvalue weighted by Gasteiger charge is 2.51. The Hall–Kier alpha value is -1.60. The lowest BCUT2D eigenvalue weighted by Crippen LogP contribution is -2.72. The van der Waals surface area contributed by atoms with E-state index in [0.29, 0.717) is 16.8 Å². The zero-order chi connectivity index (χ0) is 17.4. The first-order chi connectivity index (χ1) is 10.6. The lowest BCUT2D eigenvalue weighted by Gasteiger charge is -2.55. The molecule has 0 aromatic carbocycles. The SMILES string of the molecule is C[C@H]1CC[C@@H](NC(=O)[O-])C[N+]1(c1cc(Cl)nc(N)n1)C(C)(C)C. The molecule has 1 aromatic rings. The fourth-order valence-corrected chi connectivity index (χ4v) is 3.98. The molecule has 0 spiro atoms. The minimum Gasteiger partial charge on any atom is -0.530 e. The van der Waals surface area contributed by atoms with E-state index in [-0.39, 0.29) is 28.7 Å². The third-order valence-electron chi connectivity index (χ3n) is 4.82. The van der Waals surface area contributed by atoms with Crippen LogP contribution in [-0.2, 0) is 0 Å². The van der Waals surface area contributed by atoms with E-state index in [1.165, 1.54) is 0 Å². The Morgan fingerprint density at radius 1 is 1.43 bits per heavy atom. The summed E-state index contributed by atoms with van der Waals surface area (Å²) in [6.45, 7) is 9.03. The fraction of sp³-hybridized carbons (Fsp3) is 0.667. The molecule has 0 bridgehead atoms. The van der Waals surface area contributed by atoms with Gasteiger partial charge < -0.3 is 21.0 Å². The minimum absolute atomic E-state index is 0.122. The van der Waals surface area contributed by atoms with Gasteiger partial charge in [0.2, 0.25) is 11.8 Å². The molecular formula is C15H24ClN5O2. The number of hydrogen-bond acceptors (Lipinski definition) is 5. The molecule has 2 heterocycles. The third kappa shape index (κ3) is 3.35. The standard InChI is InChI=1S/C15H24ClN5O2/c1-9-5-6-10(18-14(22)23)8-21(9,15(2,3)4)12-7-11(16)19-13(17)20-12/h7,9-10,18H,5-6,8H2,1-4H3,(H2-,17,19,20,22,23)/t9-,10+,21?/m0/s1. The highest BCUT2D eigenvalue weighted by atomic mass is 35.5. The van der Waals surface area contributed by atoms with E-state index < -0.39 is 6.09 Å². The highest BCUT2D eigenvalue weighted by molar-refractivity contribution is 6.29. The number of rotatable bonds is 2. The maximum atomic E-state index is 11.0. The van der Waals surface area contributed by atoms with Crippen LogP contribution in [0, 0.1) is 0 Å². The van der Waals surface area contributed by atoms with Crippen LogP contribution in [-0.4, -0.2) is 40.2 Å². The number of halogens is 1. The van der Waals surface area contributed by atoms with Crippen LogP contribution in [0.1, 0.15) is 40.5 Å². The largest absolute Gasteiger partial charge is 0.530 e. The predicted molar refractivity (Wildman–Crippen MR) is 88.9 cm³/mol. The molecular weight excluding hydrogens is 318 g/mol. The molecule has 3 atom stereocenters. The summed E-state index contributed by atoms with van der Waals surface area (Å²) in [4.78, 5) is 19.3. The number of hydrogen-bond donors (Lipinski definition) is 2. The van der Waals surface area contributed by atoms with Gasteiger partial charge in [0.05, 0.1) is 23.7 Å². The normalized spacial score (nSPS) is 28.4. The van der Waals surface area contributed by atoms with Crippen LogP contribution in [0.3, 0.4) is 0 Å². The molecule has 23 heavy (non-hydrogen) atoms. The van der Waals surface area contributed by atoms with Gasteiger partial charge in [0.15, 0.2) is 0 Å². The third-order valence-corrected chi connectivity index (χ3v) is 5.01. The van der Waals surface area contributed by atoms with Crippen LogP contribution in [0.15, 0.2) is 6.07 Å². The molecule has 7 nitrogen and oxygen atoms in total. The Morgan fingerprint density at radius 3 is 2.61 bits per heavy atom. The molecule has 0 aliphatic carbocycles. The molecule has 3 N–H and O–H groups in total. The van der Waals surface area contributed by atoms with Crippen molar-refractivity contribution in [3.63, 3.8) is 0 Å². The zero-order valence-corrected chi connectivity index (χ0v) is 14.7. The molecule has 128 valence electrons. The summed E-state index contributed by atoms with van der Waals surface area (Å²) in [5.41, 5.74) is 5.57. The van der Waals surface area contributed by atoms with Crippen LogP contribution in [0.25, 0.3) is 0 Å². The van der Waals surface area contributed by atoms with Crippen molar-refractivity contribution in [3.05, 3.63) is 11.2 Å². The van der Waals surface area contributed by atoms with Gasteiger partial charge in [0.25, 0.3) is 0 Å². The summed E-state index contributed by atoms with van der Waals surface area (Å²) in [7, 11) is 0. The summed E-state index contributed by atoms with van der Waals surface area (Å²) >= 11 is 6.09. The summed E-state index contributed by atoms with van der Waals surface area (Å²) in [5, 5.41) is 13.8. The molecule has 1 saturated heterocycles. The van der Waals surface area contributed by atoms with Gasteiger partial charge in [-0.05, 0) is 34.1 Å². The second-order valence-corrected chi connectivity index (χ2v) is 7.57. The molecule has 1 unspecified atom stereocenters. The number of nitrogens with two attached hydrogens (primary N) is 1. The number of carbonyl (C=O) groups is 1. The molecule has 1 fully saturated rings. The van der Waals surface area contributed by atoms with Crippen molar-refractivity contribution in [2.45, 2.75) is 58.2 Å². The van der Waals surface area contributed by atoms with Crippen molar-refractivity contribution in [3.8, 4) is 0 Å². The lowest BCUT2D eigenvalue weighted by molar-refractivity contribution is -0.252. The second-order valence-electron chi connectivity index (χ2n) is 7.18. The number of carbonyl (C=O) groups excluding carboxylic acids is 1. The first kappa shape index (κ1) is 17.7. The van der Waals surface area contributed by atoms with Gasteiger partial charge in [-0.3, -0.25) is 4.48 Å². The monoisotopic (exact) mass is 341 g/mol. The van der Waals surface area contributed by atoms with Crippen LogP contribution < -0.4 is 20.6 Å². The Morgan fingerprint density at radius 2 is 2.09 bits per heavy atom. The van der Waals surface area contributed by atoms with Crippen molar-refractivity contribution in [1.29, 1.82) is 0 Å². The van der Waals surface area contributed by atoms with Crippen LogP contribution in [0.4, 0.5) is 16.6 Å². The lowest BCUT2D eigenvalue weighted by atomic mass is 9.87.